The van der Waals surface area contributed by atoms with Gasteiger partial charge < -0.3 is 15.2 Å². The minimum atomic E-state index is -0.266. The van der Waals surface area contributed by atoms with E-state index < -0.39 is 0 Å². The Balaban J connectivity index is 1.52. The quantitative estimate of drug-likeness (QED) is 0.483. The van der Waals surface area contributed by atoms with Crippen molar-refractivity contribution in [3.63, 3.8) is 0 Å². The fraction of sp³-hybridized carbons (Fsp3) is 0.300. The maximum absolute atomic E-state index is 13.5. The van der Waals surface area contributed by atoms with E-state index in [1.54, 1.807) is 17.2 Å². The van der Waals surface area contributed by atoms with Crippen molar-refractivity contribution in [2.24, 2.45) is 5.92 Å². The third-order valence-corrected chi connectivity index (χ3v) is 6.91. The van der Waals surface area contributed by atoms with Crippen molar-refractivity contribution >= 4 is 17.5 Å². The first kappa shape index (κ1) is 24.6. The van der Waals surface area contributed by atoms with Gasteiger partial charge in [0.05, 0.1) is 13.1 Å². The largest absolute Gasteiger partial charge is 0.357 e. The lowest BCUT2D eigenvalue weighted by Crippen LogP contribution is -2.38. The molecule has 2 N–H and O–H groups in total. The van der Waals surface area contributed by atoms with Gasteiger partial charge in [0.25, 0.3) is 11.8 Å². The number of anilines is 1. The molecule has 2 aliphatic rings. The smallest absolute Gasteiger partial charge is 0.276 e. The monoisotopic (exact) mass is 495 g/mol. The van der Waals surface area contributed by atoms with Crippen LogP contribution in [0.3, 0.4) is 0 Å². The highest BCUT2D eigenvalue weighted by Gasteiger charge is 2.34. The Morgan fingerprint density at radius 1 is 1.11 bits per heavy atom. The Bertz CT molecular complexity index is 1420. The molecule has 0 bridgehead atoms. The minimum absolute atomic E-state index is 0.0170. The van der Waals surface area contributed by atoms with Crippen LogP contribution < -0.4 is 5.32 Å². The summed E-state index contributed by atoms with van der Waals surface area (Å²) in [5.74, 6) is -0.0153. The molecule has 0 fully saturated rings. The predicted octanol–water partition coefficient (Wildman–Crippen LogP) is 5.61. The molecule has 0 saturated carbocycles. The summed E-state index contributed by atoms with van der Waals surface area (Å²) in [6.07, 6.45) is 10.5. The lowest BCUT2D eigenvalue weighted by molar-refractivity contribution is 0.0711. The molecule has 0 radical (unpaired) electrons. The highest BCUT2D eigenvalue weighted by atomic mass is 16.2. The summed E-state index contributed by atoms with van der Waals surface area (Å²) in [6, 6.07) is 11.3. The molecule has 1 aromatic carbocycles. The number of carbonyl (C=O) groups is 2. The number of hydrogen-bond donors (Lipinski definition) is 2. The summed E-state index contributed by atoms with van der Waals surface area (Å²) < 4.78 is 1.96. The third kappa shape index (κ3) is 5.21. The van der Waals surface area contributed by atoms with Crippen molar-refractivity contribution in [3.8, 4) is 0 Å². The van der Waals surface area contributed by atoms with E-state index in [2.05, 4.69) is 55.4 Å². The van der Waals surface area contributed by atoms with Gasteiger partial charge in [-0.25, -0.2) is 0 Å². The van der Waals surface area contributed by atoms with Crippen LogP contribution in [0.25, 0.3) is 0 Å². The molecule has 3 heterocycles. The molecule has 3 aromatic rings. The second-order valence-electron chi connectivity index (χ2n) is 10.2. The zero-order valence-electron chi connectivity index (χ0n) is 21.8. The van der Waals surface area contributed by atoms with Crippen LogP contribution in [0.2, 0.25) is 0 Å². The average Bonchev–Trinajstić information content (AvgIpc) is 3.47. The number of aryl methyl sites for hydroxylation is 1. The first-order chi connectivity index (χ1) is 17.8. The molecule has 1 aliphatic carbocycles. The van der Waals surface area contributed by atoms with E-state index in [1.807, 2.05) is 41.9 Å². The summed E-state index contributed by atoms with van der Waals surface area (Å²) in [5.41, 5.74) is 6.89. The van der Waals surface area contributed by atoms with Crippen molar-refractivity contribution in [1.82, 2.24) is 19.7 Å². The average molecular weight is 496 g/mol. The molecule has 5 rings (SSSR count). The highest BCUT2D eigenvalue weighted by Crippen LogP contribution is 2.33. The van der Waals surface area contributed by atoms with Crippen LogP contribution in [0.1, 0.15) is 64.5 Å². The van der Waals surface area contributed by atoms with Crippen molar-refractivity contribution in [1.29, 1.82) is 0 Å². The van der Waals surface area contributed by atoms with Crippen molar-refractivity contribution in [2.45, 2.75) is 46.7 Å². The second-order valence-corrected chi connectivity index (χ2v) is 10.2. The van der Waals surface area contributed by atoms with Crippen LogP contribution in [0.15, 0.2) is 78.0 Å². The molecule has 37 heavy (non-hydrogen) atoms. The molecule has 2 aromatic heterocycles. The van der Waals surface area contributed by atoms with Gasteiger partial charge in [0.15, 0.2) is 5.69 Å². The SMILES string of the molecule is CC1=CC(C)C=C(Cn2nc(C(=O)Nc3cccc(C)c3)c3c2C(C)CN(C(=O)c2ccc[nH]2)C3)C=C1. The summed E-state index contributed by atoms with van der Waals surface area (Å²) in [5, 5.41) is 7.87. The van der Waals surface area contributed by atoms with Crippen LogP contribution in [-0.2, 0) is 13.1 Å². The fourth-order valence-corrected chi connectivity index (χ4v) is 5.33. The highest BCUT2D eigenvalue weighted by molar-refractivity contribution is 6.04. The molecule has 7 nitrogen and oxygen atoms in total. The third-order valence-electron chi connectivity index (χ3n) is 6.91. The number of allylic oxidation sites excluding steroid dienone is 6. The van der Waals surface area contributed by atoms with Gasteiger partial charge in [-0.15, -0.1) is 0 Å². The van der Waals surface area contributed by atoms with E-state index in [1.165, 1.54) is 5.57 Å². The number of carbonyl (C=O) groups excluding carboxylic acids is 2. The van der Waals surface area contributed by atoms with E-state index in [-0.39, 0.29) is 17.7 Å². The fourth-order valence-electron chi connectivity index (χ4n) is 5.33. The number of aromatic amines is 1. The molecule has 2 atom stereocenters. The normalized spacial score (nSPS) is 19.1. The van der Waals surface area contributed by atoms with Crippen LogP contribution >= 0.6 is 0 Å². The van der Waals surface area contributed by atoms with Crippen LogP contribution in [0.4, 0.5) is 5.69 Å². The topological polar surface area (TPSA) is 83.0 Å². The Morgan fingerprint density at radius 3 is 2.70 bits per heavy atom. The number of rotatable bonds is 5. The first-order valence-corrected chi connectivity index (χ1v) is 12.8. The van der Waals surface area contributed by atoms with E-state index in [9.17, 15) is 9.59 Å². The number of H-pyrrole nitrogens is 1. The minimum Gasteiger partial charge on any atom is -0.357 e. The van der Waals surface area contributed by atoms with Crippen LogP contribution in [0, 0.1) is 12.8 Å². The van der Waals surface area contributed by atoms with E-state index in [4.69, 9.17) is 5.10 Å². The molecule has 2 amide bonds. The van der Waals surface area contributed by atoms with Gasteiger partial charge in [0, 0.05) is 35.6 Å². The summed E-state index contributed by atoms with van der Waals surface area (Å²) in [6.45, 7) is 9.81. The number of amides is 2. The zero-order chi connectivity index (χ0) is 26.1. The molecule has 190 valence electrons. The van der Waals surface area contributed by atoms with Gasteiger partial charge in [-0.05, 0) is 55.2 Å². The lowest BCUT2D eigenvalue weighted by atomic mass is 9.95. The molecule has 1 aliphatic heterocycles. The standard InChI is InChI=1S/C30H33N5O2/c1-19-7-5-8-24(15-19)32-29(36)27-25-18-34(30(37)26-9-6-12-31-26)16-22(4)28(25)35(33-27)17-23-11-10-20(2)13-21(3)14-23/h5-15,21-22,31H,16-18H2,1-4H3,(H,32,36). The summed E-state index contributed by atoms with van der Waals surface area (Å²) >= 11 is 0. The van der Waals surface area contributed by atoms with E-state index in [0.29, 0.717) is 36.9 Å². The molecular formula is C30H33N5O2. The van der Waals surface area contributed by atoms with Crippen molar-refractivity contribution < 1.29 is 9.59 Å². The number of benzene rings is 1. The van der Waals surface area contributed by atoms with Gasteiger partial charge in [-0.1, -0.05) is 55.9 Å². The van der Waals surface area contributed by atoms with Gasteiger partial charge in [-0.2, -0.15) is 5.10 Å². The molecule has 0 spiro atoms. The van der Waals surface area contributed by atoms with Crippen molar-refractivity contribution in [3.05, 3.63) is 106 Å². The maximum Gasteiger partial charge on any atom is 0.276 e. The maximum atomic E-state index is 13.5. The second kappa shape index (κ2) is 10.1. The van der Waals surface area contributed by atoms with Gasteiger partial charge in [0.2, 0.25) is 0 Å². The number of fused-ring (bicyclic) bond motifs is 1. The van der Waals surface area contributed by atoms with Gasteiger partial charge in [0.1, 0.15) is 5.69 Å². The summed E-state index contributed by atoms with van der Waals surface area (Å²) in [7, 11) is 0. The zero-order valence-corrected chi connectivity index (χ0v) is 21.8. The Labute approximate surface area is 217 Å². The Kier molecular flexibility index (Phi) is 6.70. The molecule has 2 unspecified atom stereocenters. The van der Waals surface area contributed by atoms with Crippen LogP contribution in [-0.4, -0.2) is 38.0 Å². The number of nitrogens with one attached hydrogen (secondary N) is 2. The van der Waals surface area contributed by atoms with E-state index in [0.717, 1.165) is 28.1 Å². The number of hydrogen-bond acceptors (Lipinski definition) is 3. The van der Waals surface area contributed by atoms with Gasteiger partial charge in [-0.3, -0.25) is 14.3 Å². The van der Waals surface area contributed by atoms with Crippen molar-refractivity contribution in [2.75, 3.05) is 11.9 Å². The predicted molar refractivity (Wildman–Crippen MR) is 145 cm³/mol. The van der Waals surface area contributed by atoms with Gasteiger partial charge >= 0.3 is 0 Å². The Hall–Kier alpha value is -4.13. The molecule has 7 heteroatoms. The Morgan fingerprint density at radius 2 is 1.95 bits per heavy atom. The van der Waals surface area contributed by atoms with E-state index >= 15 is 0 Å². The molecule has 0 saturated heterocycles. The van der Waals surface area contributed by atoms with Crippen LogP contribution in [0.5, 0.6) is 0 Å². The number of nitrogens with zero attached hydrogens (tertiary/aromatic N) is 3. The summed E-state index contributed by atoms with van der Waals surface area (Å²) in [4.78, 5) is 31.5. The lowest BCUT2D eigenvalue weighted by Gasteiger charge is -2.32. The molecular weight excluding hydrogens is 462 g/mol. The first-order valence-electron chi connectivity index (χ1n) is 12.8. The number of aromatic nitrogens is 3.